The molecule has 0 atom stereocenters. The summed E-state index contributed by atoms with van der Waals surface area (Å²) in [5, 5.41) is 4.12. The van der Waals surface area contributed by atoms with Crippen molar-refractivity contribution in [2.24, 2.45) is 0 Å². The first-order valence-electron chi connectivity index (χ1n) is 5.29. The minimum atomic E-state index is 1.19. The Balaban J connectivity index is 2.20. The highest BCUT2D eigenvalue weighted by Crippen LogP contribution is 2.15. The number of nitrogens with zero attached hydrogens (tertiary/aromatic N) is 2. The van der Waals surface area contributed by atoms with E-state index in [1.807, 2.05) is 43.6 Å². The van der Waals surface area contributed by atoms with E-state index in [-0.39, 0.29) is 0 Å². The first-order chi connectivity index (χ1) is 7.90. The maximum atomic E-state index is 4.12. The van der Waals surface area contributed by atoms with Crippen molar-refractivity contribution < 1.29 is 0 Å². The van der Waals surface area contributed by atoms with E-state index < -0.39 is 0 Å². The van der Waals surface area contributed by atoms with Gasteiger partial charge in [-0.1, -0.05) is 36.4 Å². The molecule has 0 bridgehead atoms. The maximum absolute atomic E-state index is 4.12. The van der Waals surface area contributed by atoms with Gasteiger partial charge < -0.3 is 0 Å². The van der Waals surface area contributed by atoms with Gasteiger partial charge in [-0.3, -0.25) is 0 Å². The lowest BCUT2D eigenvalue weighted by Gasteiger charge is -2.00. The molecule has 0 unspecified atom stereocenters. The van der Waals surface area contributed by atoms with Crippen molar-refractivity contribution in [3.8, 4) is 0 Å². The Labute approximate surface area is 95.5 Å². The van der Waals surface area contributed by atoms with Crippen LogP contribution in [0.5, 0.6) is 0 Å². The molecule has 0 fully saturated rings. The Hall–Kier alpha value is -2.09. The summed E-state index contributed by atoms with van der Waals surface area (Å²) in [7, 11) is 0. The largest absolute Gasteiger partial charge is 0.248 e. The van der Waals surface area contributed by atoms with E-state index in [2.05, 4.69) is 29.4 Å². The third-order valence-corrected chi connectivity index (χ3v) is 2.35. The number of aromatic nitrogens is 2. The van der Waals surface area contributed by atoms with Crippen LogP contribution in [0.1, 0.15) is 12.5 Å². The molecular formula is C14H14N2. The Morgan fingerprint density at radius 1 is 1.19 bits per heavy atom. The van der Waals surface area contributed by atoms with Crippen LogP contribution in [-0.4, -0.2) is 9.78 Å². The minimum absolute atomic E-state index is 1.19. The smallest absolute Gasteiger partial charge is 0.0493 e. The van der Waals surface area contributed by atoms with Crippen molar-refractivity contribution in [1.29, 1.82) is 0 Å². The fourth-order valence-corrected chi connectivity index (χ4v) is 1.52. The maximum Gasteiger partial charge on any atom is 0.0493 e. The van der Waals surface area contributed by atoms with Gasteiger partial charge in [0.1, 0.15) is 0 Å². The van der Waals surface area contributed by atoms with Gasteiger partial charge in [0.2, 0.25) is 0 Å². The summed E-state index contributed by atoms with van der Waals surface area (Å²) in [6.45, 7) is 2.04. The molecule has 16 heavy (non-hydrogen) atoms. The van der Waals surface area contributed by atoms with Gasteiger partial charge in [-0.05, 0) is 30.2 Å². The third kappa shape index (κ3) is 2.48. The van der Waals surface area contributed by atoms with Crippen molar-refractivity contribution in [2.45, 2.75) is 6.92 Å². The molecular weight excluding hydrogens is 196 g/mol. The van der Waals surface area contributed by atoms with Crippen molar-refractivity contribution >= 4 is 11.8 Å². The summed E-state index contributed by atoms with van der Waals surface area (Å²) in [6, 6.07) is 12.2. The van der Waals surface area contributed by atoms with E-state index in [1.54, 1.807) is 10.9 Å². The van der Waals surface area contributed by atoms with Crippen LogP contribution in [0.2, 0.25) is 0 Å². The SMILES string of the molecule is C/C=C(/C=C/n1cccn1)c1ccccc1. The van der Waals surface area contributed by atoms with Crippen LogP contribution in [0.3, 0.4) is 0 Å². The average Bonchev–Trinajstić information content (AvgIpc) is 2.84. The van der Waals surface area contributed by atoms with Crippen LogP contribution < -0.4 is 0 Å². The number of hydrogen-bond donors (Lipinski definition) is 0. The molecule has 0 aliphatic heterocycles. The zero-order chi connectivity index (χ0) is 11.2. The second-order valence-corrected chi connectivity index (χ2v) is 3.41. The lowest BCUT2D eigenvalue weighted by atomic mass is 10.1. The van der Waals surface area contributed by atoms with Gasteiger partial charge in [0.25, 0.3) is 0 Å². The molecule has 2 nitrogen and oxygen atoms in total. The normalized spacial score (nSPS) is 12.2. The van der Waals surface area contributed by atoms with Crippen LogP contribution in [0.15, 0.2) is 60.9 Å². The molecule has 0 aliphatic rings. The molecule has 2 heteroatoms. The molecule has 2 rings (SSSR count). The molecule has 1 aromatic carbocycles. The lowest BCUT2D eigenvalue weighted by molar-refractivity contribution is 0.935. The van der Waals surface area contributed by atoms with E-state index >= 15 is 0 Å². The zero-order valence-electron chi connectivity index (χ0n) is 9.25. The summed E-state index contributed by atoms with van der Waals surface area (Å²) in [6.07, 6.45) is 9.77. The van der Waals surface area contributed by atoms with Crippen LogP contribution in [0.4, 0.5) is 0 Å². The van der Waals surface area contributed by atoms with Gasteiger partial charge in [0.15, 0.2) is 0 Å². The molecule has 1 heterocycles. The van der Waals surface area contributed by atoms with Crippen LogP contribution >= 0.6 is 0 Å². The summed E-state index contributed by atoms with van der Waals surface area (Å²) in [4.78, 5) is 0. The lowest BCUT2D eigenvalue weighted by Crippen LogP contribution is -1.86. The summed E-state index contributed by atoms with van der Waals surface area (Å²) < 4.78 is 1.78. The van der Waals surface area contributed by atoms with Crippen LogP contribution in [0.25, 0.3) is 11.8 Å². The van der Waals surface area contributed by atoms with E-state index in [1.165, 1.54) is 11.1 Å². The average molecular weight is 210 g/mol. The molecule has 0 aliphatic carbocycles. The van der Waals surface area contributed by atoms with Gasteiger partial charge >= 0.3 is 0 Å². The highest BCUT2D eigenvalue weighted by atomic mass is 15.2. The first kappa shape index (κ1) is 10.4. The Kier molecular flexibility index (Phi) is 3.34. The molecule has 0 saturated heterocycles. The summed E-state index contributed by atoms with van der Waals surface area (Å²) in [5.41, 5.74) is 2.41. The molecule has 0 amide bonds. The van der Waals surface area contributed by atoms with Gasteiger partial charge in [-0.2, -0.15) is 5.10 Å². The number of allylic oxidation sites excluding steroid dienone is 3. The van der Waals surface area contributed by atoms with Crippen LogP contribution in [-0.2, 0) is 0 Å². The van der Waals surface area contributed by atoms with Gasteiger partial charge in [-0.25, -0.2) is 4.68 Å². The number of hydrogen-bond acceptors (Lipinski definition) is 1. The van der Waals surface area contributed by atoms with Gasteiger partial charge in [0.05, 0.1) is 0 Å². The topological polar surface area (TPSA) is 17.8 Å². The van der Waals surface area contributed by atoms with Crippen molar-refractivity contribution in [2.75, 3.05) is 0 Å². The fraction of sp³-hybridized carbons (Fsp3) is 0.0714. The molecule has 0 saturated carbocycles. The van der Waals surface area contributed by atoms with E-state index in [4.69, 9.17) is 0 Å². The predicted octanol–water partition coefficient (Wildman–Crippen LogP) is 3.46. The molecule has 1 aromatic heterocycles. The standard InChI is InChI=1S/C14H14N2/c1-2-13(14-7-4-3-5-8-14)9-12-16-11-6-10-15-16/h2-12H,1H3/b12-9+,13-2-. The van der Waals surface area contributed by atoms with Gasteiger partial charge in [0, 0.05) is 18.6 Å². The number of benzene rings is 1. The molecule has 0 radical (unpaired) electrons. The third-order valence-electron chi connectivity index (χ3n) is 2.35. The van der Waals surface area contributed by atoms with Crippen molar-refractivity contribution in [1.82, 2.24) is 9.78 Å². The Bertz CT molecular complexity index is 479. The second kappa shape index (κ2) is 5.12. The van der Waals surface area contributed by atoms with E-state index in [0.717, 1.165) is 0 Å². The molecule has 80 valence electrons. The Morgan fingerprint density at radius 2 is 2.00 bits per heavy atom. The molecule has 0 N–H and O–H groups in total. The molecule has 0 spiro atoms. The highest BCUT2D eigenvalue weighted by molar-refractivity contribution is 5.76. The van der Waals surface area contributed by atoms with Crippen molar-refractivity contribution in [3.63, 3.8) is 0 Å². The van der Waals surface area contributed by atoms with Crippen LogP contribution in [0, 0.1) is 0 Å². The van der Waals surface area contributed by atoms with Gasteiger partial charge in [-0.15, -0.1) is 0 Å². The molecule has 2 aromatic rings. The quantitative estimate of drug-likeness (QED) is 0.709. The summed E-state index contributed by atoms with van der Waals surface area (Å²) in [5.74, 6) is 0. The van der Waals surface area contributed by atoms with Crippen molar-refractivity contribution in [3.05, 3.63) is 66.5 Å². The first-order valence-corrected chi connectivity index (χ1v) is 5.29. The van der Waals surface area contributed by atoms with E-state index in [9.17, 15) is 0 Å². The highest BCUT2D eigenvalue weighted by Gasteiger charge is 1.94. The monoisotopic (exact) mass is 210 g/mol. The fourth-order valence-electron chi connectivity index (χ4n) is 1.52. The van der Waals surface area contributed by atoms with E-state index in [0.29, 0.717) is 0 Å². The predicted molar refractivity (Wildman–Crippen MR) is 67.7 cm³/mol. The second-order valence-electron chi connectivity index (χ2n) is 3.41. The number of rotatable bonds is 3. The zero-order valence-corrected chi connectivity index (χ0v) is 9.25. The minimum Gasteiger partial charge on any atom is -0.248 e. The Morgan fingerprint density at radius 3 is 2.62 bits per heavy atom. The summed E-state index contributed by atoms with van der Waals surface area (Å²) >= 11 is 0.